The molecule has 0 radical (unpaired) electrons. The first kappa shape index (κ1) is 17.1. The highest BCUT2D eigenvalue weighted by Gasteiger charge is 2.37. The van der Waals surface area contributed by atoms with Crippen LogP contribution >= 0.6 is 0 Å². The summed E-state index contributed by atoms with van der Waals surface area (Å²) < 4.78 is 0. The number of hydrogen-bond donors (Lipinski definition) is 0. The van der Waals surface area contributed by atoms with Crippen LogP contribution < -0.4 is 4.90 Å². The van der Waals surface area contributed by atoms with Crippen molar-refractivity contribution in [2.45, 2.75) is 65.2 Å². The Morgan fingerprint density at radius 2 is 1.46 bits per heavy atom. The molecule has 0 heterocycles. The lowest BCUT2D eigenvalue weighted by atomic mass is 9.63. The molecule has 2 aromatic carbocycles. The van der Waals surface area contributed by atoms with E-state index in [2.05, 4.69) is 89.9 Å². The number of fused-ring (bicyclic) bond motifs is 1. The summed E-state index contributed by atoms with van der Waals surface area (Å²) in [5.74, 6) is 0. The molecule has 1 aliphatic rings. The molecular formula is C23H31N. The summed E-state index contributed by atoms with van der Waals surface area (Å²) in [4.78, 5) is 2.33. The van der Waals surface area contributed by atoms with Gasteiger partial charge in [0.1, 0.15) is 0 Å². The van der Waals surface area contributed by atoms with Gasteiger partial charge in [-0.25, -0.2) is 0 Å². The summed E-state index contributed by atoms with van der Waals surface area (Å²) in [5.41, 5.74) is 8.86. The standard InChI is InChI=1S/C23H31N/c1-16-9-8-10-21(17(16)2)24(7)18-11-12-19-20(15-18)23(5,6)14-13-22(19,3)4/h8-12,15H,13-14H2,1-7H3. The summed E-state index contributed by atoms with van der Waals surface area (Å²) in [6.07, 6.45) is 2.52. The third-order valence-electron chi connectivity index (χ3n) is 6.16. The average Bonchev–Trinajstić information content (AvgIpc) is 2.54. The van der Waals surface area contributed by atoms with E-state index in [1.807, 2.05) is 0 Å². The van der Waals surface area contributed by atoms with Gasteiger partial charge in [0.15, 0.2) is 0 Å². The molecule has 0 fully saturated rings. The van der Waals surface area contributed by atoms with E-state index in [1.165, 1.54) is 46.5 Å². The highest BCUT2D eigenvalue weighted by molar-refractivity contribution is 5.68. The molecule has 0 saturated carbocycles. The van der Waals surface area contributed by atoms with Gasteiger partial charge >= 0.3 is 0 Å². The Morgan fingerprint density at radius 3 is 2.12 bits per heavy atom. The predicted molar refractivity (Wildman–Crippen MR) is 106 cm³/mol. The van der Waals surface area contributed by atoms with Crippen LogP contribution in [0.25, 0.3) is 0 Å². The Kier molecular flexibility index (Phi) is 4.02. The van der Waals surface area contributed by atoms with Crippen molar-refractivity contribution in [1.82, 2.24) is 0 Å². The molecule has 0 bridgehead atoms. The zero-order valence-corrected chi connectivity index (χ0v) is 16.3. The van der Waals surface area contributed by atoms with Crippen molar-refractivity contribution in [2.75, 3.05) is 11.9 Å². The molecule has 0 atom stereocenters. The molecule has 0 saturated heterocycles. The number of aryl methyl sites for hydroxylation is 1. The average molecular weight is 322 g/mol. The molecule has 1 heteroatoms. The van der Waals surface area contributed by atoms with Crippen LogP contribution in [0.5, 0.6) is 0 Å². The third kappa shape index (κ3) is 2.75. The van der Waals surface area contributed by atoms with Crippen LogP contribution in [0.1, 0.15) is 62.8 Å². The molecule has 0 spiro atoms. The van der Waals surface area contributed by atoms with Crippen LogP contribution in [0.15, 0.2) is 36.4 Å². The zero-order valence-electron chi connectivity index (χ0n) is 16.3. The topological polar surface area (TPSA) is 3.24 Å². The van der Waals surface area contributed by atoms with Crippen molar-refractivity contribution >= 4 is 11.4 Å². The zero-order chi connectivity index (χ0) is 17.7. The lowest BCUT2D eigenvalue weighted by molar-refractivity contribution is 0.332. The Labute approximate surface area is 147 Å². The second kappa shape index (κ2) is 5.65. The smallest absolute Gasteiger partial charge is 0.0440 e. The lowest BCUT2D eigenvalue weighted by Gasteiger charge is -2.42. The quantitative estimate of drug-likeness (QED) is 0.617. The van der Waals surface area contributed by atoms with Crippen LogP contribution in [0.3, 0.4) is 0 Å². The second-order valence-corrected chi connectivity index (χ2v) is 8.78. The van der Waals surface area contributed by atoms with Gasteiger partial charge in [0.05, 0.1) is 0 Å². The Hall–Kier alpha value is -1.76. The Bertz CT molecular complexity index is 768. The van der Waals surface area contributed by atoms with Gasteiger partial charge in [-0.2, -0.15) is 0 Å². The van der Waals surface area contributed by atoms with E-state index in [4.69, 9.17) is 0 Å². The van der Waals surface area contributed by atoms with Crippen molar-refractivity contribution < 1.29 is 0 Å². The number of nitrogens with zero attached hydrogens (tertiary/aromatic N) is 1. The fourth-order valence-corrected chi connectivity index (χ4v) is 4.02. The number of rotatable bonds is 2. The van der Waals surface area contributed by atoms with Crippen LogP contribution in [-0.4, -0.2) is 7.05 Å². The van der Waals surface area contributed by atoms with Gasteiger partial charge in [0, 0.05) is 18.4 Å². The van der Waals surface area contributed by atoms with Crippen LogP contribution in [0.2, 0.25) is 0 Å². The van der Waals surface area contributed by atoms with E-state index in [0.717, 1.165) is 0 Å². The first-order chi connectivity index (χ1) is 11.1. The molecule has 2 aromatic rings. The fraction of sp³-hybridized carbons (Fsp3) is 0.478. The summed E-state index contributed by atoms with van der Waals surface area (Å²) in [5, 5.41) is 0. The van der Waals surface area contributed by atoms with Crippen molar-refractivity contribution in [3.05, 3.63) is 58.7 Å². The van der Waals surface area contributed by atoms with E-state index in [1.54, 1.807) is 0 Å². The van der Waals surface area contributed by atoms with Gasteiger partial charge in [-0.15, -0.1) is 0 Å². The summed E-state index contributed by atoms with van der Waals surface area (Å²) in [7, 11) is 2.18. The Morgan fingerprint density at radius 1 is 0.833 bits per heavy atom. The first-order valence-corrected chi connectivity index (χ1v) is 9.08. The second-order valence-electron chi connectivity index (χ2n) is 8.78. The van der Waals surface area contributed by atoms with Gasteiger partial charge in [-0.3, -0.25) is 0 Å². The maximum absolute atomic E-state index is 2.43. The summed E-state index contributed by atoms with van der Waals surface area (Å²) in [6.45, 7) is 14.0. The fourth-order valence-electron chi connectivity index (χ4n) is 4.02. The maximum atomic E-state index is 2.43. The molecule has 128 valence electrons. The molecule has 0 amide bonds. The van der Waals surface area contributed by atoms with Crippen LogP contribution in [0.4, 0.5) is 11.4 Å². The SMILES string of the molecule is Cc1cccc(N(C)c2ccc3c(c2)C(C)(C)CCC3(C)C)c1C. The monoisotopic (exact) mass is 321 g/mol. The van der Waals surface area contributed by atoms with E-state index in [-0.39, 0.29) is 10.8 Å². The molecular weight excluding hydrogens is 290 g/mol. The van der Waals surface area contributed by atoms with E-state index < -0.39 is 0 Å². The van der Waals surface area contributed by atoms with Gasteiger partial charge in [-0.1, -0.05) is 45.9 Å². The van der Waals surface area contributed by atoms with Crippen molar-refractivity contribution in [1.29, 1.82) is 0 Å². The highest BCUT2D eigenvalue weighted by Crippen LogP contribution is 2.47. The molecule has 1 aliphatic carbocycles. The predicted octanol–water partition coefficient (Wildman–Crippen LogP) is 6.42. The number of anilines is 2. The van der Waals surface area contributed by atoms with Gasteiger partial charge in [0.2, 0.25) is 0 Å². The first-order valence-electron chi connectivity index (χ1n) is 9.08. The largest absolute Gasteiger partial charge is 0.344 e. The van der Waals surface area contributed by atoms with E-state index in [9.17, 15) is 0 Å². The van der Waals surface area contributed by atoms with Gasteiger partial charge < -0.3 is 4.90 Å². The third-order valence-corrected chi connectivity index (χ3v) is 6.16. The van der Waals surface area contributed by atoms with Crippen LogP contribution in [0, 0.1) is 13.8 Å². The molecule has 0 aromatic heterocycles. The van der Waals surface area contributed by atoms with Crippen molar-refractivity contribution in [3.8, 4) is 0 Å². The normalized spacial score (nSPS) is 18.1. The van der Waals surface area contributed by atoms with Crippen molar-refractivity contribution in [3.63, 3.8) is 0 Å². The number of hydrogen-bond acceptors (Lipinski definition) is 1. The minimum Gasteiger partial charge on any atom is -0.344 e. The van der Waals surface area contributed by atoms with Crippen molar-refractivity contribution in [2.24, 2.45) is 0 Å². The molecule has 24 heavy (non-hydrogen) atoms. The molecule has 1 nitrogen and oxygen atoms in total. The van der Waals surface area contributed by atoms with E-state index >= 15 is 0 Å². The summed E-state index contributed by atoms with van der Waals surface area (Å²) in [6, 6.07) is 13.6. The van der Waals surface area contributed by atoms with Crippen LogP contribution in [-0.2, 0) is 10.8 Å². The molecule has 0 unspecified atom stereocenters. The highest BCUT2D eigenvalue weighted by atomic mass is 15.1. The molecule has 0 N–H and O–H groups in total. The minimum absolute atomic E-state index is 0.253. The van der Waals surface area contributed by atoms with Gasteiger partial charge in [0.25, 0.3) is 0 Å². The molecule has 0 aliphatic heterocycles. The Balaban J connectivity index is 2.09. The van der Waals surface area contributed by atoms with Gasteiger partial charge in [-0.05, 0) is 78.0 Å². The lowest BCUT2D eigenvalue weighted by Crippen LogP contribution is -2.34. The number of benzene rings is 2. The maximum Gasteiger partial charge on any atom is 0.0440 e. The molecule has 3 rings (SSSR count). The minimum atomic E-state index is 0.253. The summed E-state index contributed by atoms with van der Waals surface area (Å²) >= 11 is 0. The van der Waals surface area contributed by atoms with E-state index in [0.29, 0.717) is 0 Å².